The first-order chi connectivity index (χ1) is 7.70. The van der Waals surface area contributed by atoms with Crippen LogP contribution in [0.4, 0.5) is 0 Å². The zero-order chi connectivity index (χ0) is 11.5. The Morgan fingerprint density at radius 1 is 1.00 bits per heavy atom. The van der Waals surface area contributed by atoms with Crippen LogP contribution in [0.5, 0.6) is 5.75 Å². The maximum absolute atomic E-state index is 5.71. The van der Waals surface area contributed by atoms with Gasteiger partial charge < -0.3 is 4.74 Å². The third-order valence-corrected chi connectivity index (χ3v) is 2.27. The van der Waals surface area contributed by atoms with Crippen LogP contribution in [-0.4, -0.2) is 22.1 Å². The van der Waals surface area contributed by atoms with Gasteiger partial charge in [-0.15, -0.1) is 0 Å². The summed E-state index contributed by atoms with van der Waals surface area (Å²) in [5.74, 6) is 1.04. The van der Waals surface area contributed by atoms with E-state index < -0.39 is 0 Å². The van der Waals surface area contributed by atoms with Gasteiger partial charge in [0.2, 0.25) is 10.6 Å². The first-order valence-electron chi connectivity index (χ1n) is 4.41. The summed E-state index contributed by atoms with van der Waals surface area (Å²) in [7, 11) is 1.57. The van der Waals surface area contributed by atoms with E-state index in [1.54, 1.807) is 13.2 Å². The highest BCUT2D eigenvalue weighted by molar-refractivity contribution is 6.31. The molecule has 0 aliphatic carbocycles. The second kappa shape index (κ2) is 4.63. The topological polar surface area (TPSA) is 47.9 Å². The number of hydrogen-bond acceptors (Lipinski definition) is 4. The number of methoxy groups -OCH3 is 1. The number of benzene rings is 1. The molecule has 0 saturated heterocycles. The molecule has 16 heavy (non-hydrogen) atoms. The van der Waals surface area contributed by atoms with Crippen LogP contribution in [0.25, 0.3) is 11.4 Å². The molecule has 0 saturated carbocycles. The number of para-hydroxylation sites is 1. The van der Waals surface area contributed by atoms with Crippen LogP contribution in [0.2, 0.25) is 10.6 Å². The number of nitrogens with zero attached hydrogens (tertiary/aromatic N) is 3. The maximum Gasteiger partial charge on any atom is 0.227 e. The van der Waals surface area contributed by atoms with Gasteiger partial charge in [0.05, 0.1) is 12.7 Å². The Morgan fingerprint density at radius 3 is 2.25 bits per heavy atom. The van der Waals surface area contributed by atoms with Gasteiger partial charge in [-0.25, -0.2) is 0 Å². The molecular weight excluding hydrogens is 249 g/mol. The molecule has 2 aromatic rings. The van der Waals surface area contributed by atoms with Crippen LogP contribution in [0.1, 0.15) is 0 Å². The Kier molecular flexibility index (Phi) is 3.22. The summed E-state index contributed by atoms with van der Waals surface area (Å²) in [6.45, 7) is 0. The zero-order valence-corrected chi connectivity index (χ0v) is 9.83. The van der Waals surface area contributed by atoms with E-state index in [0.29, 0.717) is 11.6 Å². The summed E-state index contributed by atoms with van der Waals surface area (Å²) in [5.41, 5.74) is 0.719. The highest BCUT2D eigenvalue weighted by atomic mass is 35.5. The average molecular weight is 256 g/mol. The molecule has 0 bridgehead atoms. The fraction of sp³-hybridized carbons (Fsp3) is 0.100. The van der Waals surface area contributed by atoms with Gasteiger partial charge in [0.15, 0.2) is 5.82 Å². The summed E-state index contributed by atoms with van der Waals surface area (Å²) in [6.07, 6.45) is 0. The molecule has 1 aromatic carbocycles. The van der Waals surface area contributed by atoms with E-state index in [9.17, 15) is 0 Å². The third kappa shape index (κ3) is 2.23. The minimum atomic E-state index is 0.0564. The molecule has 0 amide bonds. The molecule has 1 aromatic heterocycles. The summed E-state index contributed by atoms with van der Waals surface area (Å²) in [6, 6.07) is 7.33. The smallest absolute Gasteiger partial charge is 0.227 e. The molecule has 6 heteroatoms. The van der Waals surface area contributed by atoms with Gasteiger partial charge >= 0.3 is 0 Å². The van der Waals surface area contributed by atoms with Gasteiger partial charge in [-0.3, -0.25) is 0 Å². The zero-order valence-electron chi connectivity index (χ0n) is 8.32. The predicted molar refractivity (Wildman–Crippen MR) is 61.8 cm³/mol. The van der Waals surface area contributed by atoms with E-state index in [0.717, 1.165) is 5.56 Å². The Hall–Kier alpha value is -1.39. The highest BCUT2D eigenvalue weighted by Crippen LogP contribution is 2.27. The fourth-order valence-corrected chi connectivity index (χ4v) is 1.64. The summed E-state index contributed by atoms with van der Waals surface area (Å²) in [5, 5.41) is 0.113. The Balaban J connectivity index is 2.58. The van der Waals surface area contributed by atoms with E-state index in [1.165, 1.54) is 0 Å². The van der Waals surface area contributed by atoms with Crippen LogP contribution >= 0.6 is 23.2 Å². The highest BCUT2D eigenvalue weighted by Gasteiger charge is 2.10. The number of aromatic nitrogens is 3. The van der Waals surface area contributed by atoms with Crippen molar-refractivity contribution in [2.24, 2.45) is 0 Å². The summed E-state index contributed by atoms with van der Waals surface area (Å²) < 4.78 is 5.19. The van der Waals surface area contributed by atoms with Gasteiger partial charge in [-0.1, -0.05) is 12.1 Å². The average Bonchev–Trinajstić information content (AvgIpc) is 2.27. The second-order valence-electron chi connectivity index (χ2n) is 2.90. The van der Waals surface area contributed by atoms with Crippen molar-refractivity contribution < 1.29 is 4.74 Å². The van der Waals surface area contributed by atoms with Crippen LogP contribution in [0.3, 0.4) is 0 Å². The van der Waals surface area contributed by atoms with E-state index in [-0.39, 0.29) is 10.6 Å². The van der Waals surface area contributed by atoms with Crippen molar-refractivity contribution in [2.75, 3.05) is 7.11 Å². The van der Waals surface area contributed by atoms with Crippen molar-refractivity contribution in [1.29, 1.82) is 0 Å². The number of hydrogen-bond donors (Lipinski definition) is 0. The van der Waals surface area contributed by atoms with Crippen LogP contribution in [0.15, 0.2) is 24.3 Å². The maximum atomic E-state index is 5.71. The molecule has 0 aliphatic rings. The SMILES string of the molecule is COc1ccccc1-c1nc(Cl)nc(Cl)n1. The number of halogens is 2. The van der Waals surface area contributed by atoms with E-state index >= 15 is 0 Å². The summed E-state index contributed by atoms with van der Waals surface area (Å²) >= 11 is 11.4. The molecule has 0 unspecified atom stereocenters. The quantitative estimate of drug-likeness (QED) is 0.828. The summed E-state index contributed by atoms with van der Waals surface area (Å²) in [4.78, 5) is 11.7. The van der Waals surface area contributed by atoms with E-state index in [1.807, 2.05) is 18.2 Å². The molecule has 82 valence electrons. The molecular formula is C10H7Cl2N3O. The molecule has 0 fully saturated rings. The lowest BCUT2D eigenvalue weighted by molar-refractivity contribution is 0.416. The lowest BCUT2D eigenvalue weighted by Crippen LogP contribution is -1.95. The Bertz CT molecular complexity index is 499. The van der Waals surface area contributed by atoms with Gasteiger partial charge in [-0.05, 0) is 35.3 Å². The minimum Gasteiger partial charge on any atom is -0.496 e. The monoisotopic (exact) mass is 255 g/mol. The molecule has 0 N–H and O–H groups in total. The second-order valence-corrected chi connectivity index (χ2v) is 3.57. The van der Waals surface area contributed by atoms with Gasteiger partial charge in [0.1, 0.15) is 5.75 Å². The van der Waals surface area contributed by atoms with Gasteiger partial charge in [0, 0.05) is 0 Å². The standard InChI is InChI=1S/C10H7Cl2N3O/c1-16-7-5-3-2-4-6(7)8-13-9(11)15-10(12)14-8/h2-5H,1H3. The van der Waals surface area contributed by atoms with E-state index in [4.69, 9.17) is 27.9 Å². The van der Waals surface area contributed by atoms with Gasteiger partial charge in [0.25, 0.3) is 0 Å². The predicted octanol–water partition coefficient (Wildman–Crippen LogP) is 2.85. The number of ether oxygens (including phenoxy) is 1. The Morgan fingerprint density at radius 2 is 1.62 bits per heavy atom. The lowest BCUT2D eigenvalue weighted by Gasteiger charge is -2.06. The van der Waals surface area contributed by atoms with Crippen LogP contribution in [0, 0.1) is 0 Å². The molecule has 4 nitrogen and oxygen atoms in total. The molecule has 1 heterocycles. The lowest BCUT2D eigenvalue weighted by atomic mass is 10.2. The normalized spacial score (nSPS) is 10.2. The van der Waals surface area contributed by atoms with Crippen molar-refractivity contribution in [3.8, 4) is 17.1 Å². The van der Waals surface area contributed by atoms with E-state index in [2.05, 4.69) is 15.0 Å². The minimum absolute atomic E-state index is 0.0564. The van der Waals surface area contributed by atoms with Crippen LogP contribution in [-0.2, 0) is 0 Å². The molecule has 0 atom stereocenters. The first-order valence-corrected chi connectivity index (χ1v) is 5.17. The molecule has 2 rings (SSSR count). The van der Waals surface area contributed by atoms with Crippen molar-refractivity contribution in [3.05, 3.63) is 34.8 Å². The molecule has 0 radical (unpaired) electrons. The van der Waals surface area contributed by atoms with Crippen molar-refractivity contribution in [3.63, 3.8) is 0 Å². The molecule has 0 spiro atoms. The fourth-order valence-electron chi connectivity index (χ4n) is 1.28. The third-order valence-electron chi connectivity index (χ3n) is 1.93. The molecule has 0 aliphatic heterocycles. The van der Waals surface area contributed by atoms with Crippen molar-refractivity contribution >= 4 is 23.2 Å². The van der Waals surface area contributed by atoms with Gasteiger partial charge in [-0.2, -0.15) is 15.0 Å². The first kappa shape index (κ1) is 11.1. The van der Waals surface area contributed by atoms with Crippen molar-refractivity contribution in [2.45, 2.75) is 0 Å². The van der Waals surface area contributed by atoms with Crippen molar-refractivity contribution in [1.82, 2.24) is 15.0 Å². The number of rotatable bonds is 2. The van der Waals surface area contributed by atoms with Crippen LogP contribution < -0.4 is 4.74 Å². The largest absolute Gasteiger partial charge is 0.496 e. The Labute approximate surface area is 102 Å².